The van der Waals surface area contributed by atoms with Crippen molar-refractivity contribution in [3.63, 3.8) is 0 Å². The fourth-order valence-corrected chi connectivity index (χ4v) is 4.89. The number of carbonyl (C=O) groups excluding carboxylic acids is 1. The summed E-state index contributed by atoms with van der Waals surface area (Å²) in [5.41, 5.74) is 3.11. The Bertz CT molecular complexity index is 922. The number of hydrogen-bond acceptors (Lipinski definition) is 4. The smallest absolute Gasteiger partial charge is 0.254 e. The van der Waals surface area contributed by atoms with E-state index in [1.165, 1.54) is 6.07 Å². The zero-order valence-corrected chi connectivity index (χ0v) is 16.4. The number of rotatable bonds is 3. The third-order valence-electron chi connectivity index (χ3n) is 6.19. The van der Waals surface area contributed by atoms with Gasteiger partial charge in [-0.1, -0.05) is 6.07 Å². The van der Waals surface area contributed by atoms with Crippen LogP contribution >= 0.6 is 0 Å². The largest absolute Gasteiger partial charge is 0.336 e. The minimum Gasteiger partial charge on any atom is -0.336 e. The second kappa shape index (κ2) is 6.54. The first-order valence-corrected chi connectivity index (χ1v) is 10.2. The van der Waals surface area contributed by atoms with Gasteiger partial charge in [0.15, 0.2) is 0 Å². The number of amides is 1. The van der Waals surface area contributed by atoms with Crippen LogP contribution in [-0.2, 0) is 0 Å². The Hall–Kier alpha value is -2.50. The molecule has 2 aromatic rings. The van der Waals surface area contributed by atoms with E-state index in [0.29, 0.717) is 23.6 Å². The van der Waals surface area contributed by atoms with Gasteiger partial charge in [0.05, 0.1) is 0 Å². The minimum atomic E-state index is -0.237. The Morgan fingerprint density at radius 2 is 1.86 bits per heavy atom. The number of aryl methyl sites for hydroxylation is 2. The van der Waals surface area contributed by atoms with Gasteiger partial charge >= 0.3 is 0 Å². The van der Waals surface area contributed by atoms with Gasteiger partial charge in [0.1, 0.15) is 5.82 Å². The predicted octanol–water partition coefficient (Wildman–Crippen LogP) is 3.46. The zero-order valence-electron chi connectivity index (χ0n) is 16.4. The number of aromatic nitrogens is 2. The Balaban J connectivity index is 1.40. The number of fused-ring (bicyclic) bond motifs is 2. The number of benzene rings is 1. The van der Waals surface area contributed by atoms with Crippen LogP contribution in [0.2, 0.25) is 0 Å². The summed E-state index contributed by atoms with van der Waals surface area (Å²) in [6, 6.07) is 7.12. The van der Waals surface area contributed by atoms with Crippen molar-refractivity contribution in [3.05, 3.63) is 52.6 Å². The molecule has 146 valence electrons. The molecule has 2 bridgehead atoms. The maximum atomic E-state index is 14.4. The summed E-state index contributed by atoms with van der Waals surface area (Å²) in [5, 5.41) is 0. The van der Waals surface area contributed by atoms with Crippen LogP contribution in [0.3, 0.4) is 0 Å². The van der Waals surface area contributed by atoms with Crippen LogP contribution < -0.4 is 4.90 Å². The third kappa shape index (κ3) is 3.05. The van der Waals surface area contributed by atoms with Crippen LogP contribution in [0.5, 0.6) is 0 Å². The second-order valence-corrected chi connectivity index (χ2v) is 8.54. The Morgan fingerprint density at radius 1 is 1.11 bits per heavy atom. The molecule has 1 aromatic heterocycles. The molecule has 3 heterocycles. The third-order valence-corrected chi connectivity index (χ3v) is 6.19. The van der Waals surface area contributed by atoms with Gasteiger partial charge in [0.2, 0.25) is 5.95 Å². The van der Waals surface area contributed by atoms with Gasteiger partial charge in [-0.05, 0) is 63.1 Å². The van der Waals surface area contributed by atoms with Gasteiger partial charge in [-0.2, -0.15) is 0 Å². The summed E-state index contributed by atoms with van der Waals surface area (Å²) in [5.74, 6) is 1.12. The van der Waals surface area contributed by atoms with E-state index >= 15 is 0 Å². The molecule has 2 saturated heterocycles. The van der Waals surface area contributed by atoms with Gasteiger partial charge < -0.3 is 9.80 Å². The van der Waals surface area contributed by atoms with Gasteiger partial charge in [0, 0.05) is 48.2 Å². The van der Waals surface area contributed by atoms with Crippen molar-refractivity contribution in [3.8, 4) is 0 Å². The molecule has 1 aliphatic carbocycles. The molecule has 5 nitrogen and oxygen atoms in total. The van der Waals surface area contributed by atoms with E-state index in [-0.39, 0.29) is 23.7 Å². The number of anilines is 1. The summed E-state index contributed by atoms with van der Waals surface area (Å²) in [6.45, 7) is 6.21. The average molecular weight is 380 g/mol. The number of nitrogens with zero attached hydrogens (tertiary/aromatic N) is 4. The first-order valence-electron chi connectivity index (χ1n) is 10.2. The number of piperidine rings is 1. The standard InChI is InChI=1S/C22H25FN4O/c1-13-8-14(2)25-22(24-13)27-11-15-9-17(27)12-26(10-15)21(28)18-4-3-5-19(23)20(18)16-6-7-16/h3-5,8,15-17H,6-7,9-12H2,1-2H3. The first kappa shape index (κ1) is 17.6. The van der Waals surface area contributed by atoms with E-state index in [1.54, 1.807) is 12.1 Å². The normalized spacial score (nSPS) is 24.0. The fraction of sp³-hybridized carbons (Fsp3) is 0.500. The molecule has 3 aliphatic rings. The zero-order chi connectivity index (χ0) is 19.4. The van der Waals surface area contributed by atoms with E-state index in [0.717, 1.165) is 49.7 Å². The molecule has 0 spiro atoms. The lowest BCUT2D eigenvalue weighted by Crippen LogP contribution is -2.46. The van der Waals surface area contributed by atoms with Crippen LogP contribution in [0.25, 0.3) is 0 Å². The molecular weight excluding hydrogens is 355 g/mol. The maximum absolute atomic E-state index is 14.4. The molecule has 1 amide bonds. The summed E-state index contributed by atoms with van der Waals surface area (Å²) < 4.78 is 14.4. The SMILES string of the molecule is Cc1cc(C)nc(N2CC3CC2CN(C(=O)c2cccc(F)c2C2CC2)C3)n1. The van der Waals surface area contributed by atoms with Crippen molar-refractivity contribution in [2.75, 3.05) is 24.5 Å². The van der Waals surface area contributed by atoms with Gasteiger partial charge in [-0.25, -0.2) is 14.4 Å². The molecule has 3 fully saturated rings. The highest BCUT2D eigenvalue weighted by Gasteiger charge is 2.42. The Kier molecular flexibility index (Phi) is 4.11. The number of likely N-dealkylation sites (tertiary alicyclic amines) is 1. The average Bonchev–Trinajstić information content (AvgIpc) is 3.44. The topological polar surface area (TPSA) is 49.3 Å². The minimum absolute atomic E-state index is 0.0284. The molecule has 2 aliphatic heterocycles. The van der Waals surface area contributed by atoms with E-state index in [4.69, 9.17) is 0 Å². The first-order chi connectivity index (χ1) is 13.5. The summed E-state index contributed by atoms with van der Waals surface area (Å²) >= 11 is 0. The summed E-state index contributed by atoms with van der Waals surface area (Å²) in [4.78, 5) is 26.7. The molecule has 0 radical (unpaired) electrons. The van der Waals surface area contributed by atoms with Gasteiger partial charge in [-0.15, -0.1) is 0 Å². The highest BCUT2D eigenvalue weighted by molar-refractivity contribution is 5.96. The van der Waals surface area contributed by atoms with Crippen LogP contribution in [-0.4, -0.2) is 46.5 Å². The van der Waals surface area contributed by atoms with Crippen molar-refractivity contribution >= 4 is 11.9 Å². The van der Waals surface area contributed by atoms with Crippen molar-refractivity contribution in [1.82, 2.24) is 14.9 Å². The Morgan fingerprint density at radius 3 is 2.57 bits per heavy atom. The van der Waals surface area contributed by atoms with E-state index in [9.17, 15) is 9.18 Å². The summed E-state index contributed by atoms with van der Waals surface area (Å²) in [7, 11) is 0. The molecule has 2 unspecified atom stereocenters. The number of halogens is 1. The molecule has 2 atom stereocenters. The van der Waals surface area contributed by atoms with Crippen molar-refractivity contribution in [2.24, 2.45) is 5.92 Å². The second-order valence-electron chi connectivity index (χ2n) is 8.54. The summed E-state index contributed by atoms with van der Waals surface area (Å²) in [6.07, 6.45) is 3.01. The Labute approximate surface area is 164 Å². The van der Waals surface area contributed by atoms with Crippen LogP contribution in [0.4, 0.5) is 10.3 Å². The monoisotopic (exact) mass is 380 g/mol. The van der Waals surface area contributed by atoms with E-state index in [1.807, 2.05) is 24.8 Å². The molecule has 0 N–H and O–H groups in total. The lowest BCUT2D eigenvalue weighted by Gasteiger charge is -2.33. The lowest BCUT2D eigenvalue weighted by atomic mass is 9.97. The maximum Gasteiger partial charge on any atom is 0.254 e. The van der Waals surface area contributed by atoms with Crippen LogP contribution in [0, 0.1) is 25.6 Å². The van der Waals surface area contributed by atoms with Gasteiger partial charge in [-0.3, -0.25) is 4.79 Å². The van der Waals surface area contributed by atoms with Crippen molar-refractivity contribution in [1.29, 1.82) is 0 Å². The van der Waals surface area contributed by atoms with E-state index in [2.05, 4.69) is 14.9 Å². The van der Waals surface area contributed by atoms with Crippen LogP contribution in [0.1, 0.15) is 52.5 Å². The number of carbonyl (C=O) groups is 1. The van der Waals surface area contributed by atoms with Crippen molar-refractivity contribution in [2.45, 2.75) is 45.1 Å². The quantitative estimate of drug-likeness (QED) is 0.818. The van der Waals surface area contributed by atoms with E-state index < -0.39 is 0 Å². The lowest BCUT2D eigenvalue weighted by molar-refractivity contribution is 0.0692. The fourth-order valence-electron chi connectivity index (χ4n) is 4.89. The highest BCUT2D eigenvalue weighted by atomic mass is 19.1. The molecule has 28 heavy (non-hydrogen) atoms. The molecule has 1 aromatic carbocycles. The molecule has 6 heteroatoms. The highest BCUT2D eigenvalue weighted by Crippen LogP contribution is 2.43. The molecular formula is C22H25FN4O. The van der Waals surface area contributed by atoms with Crippen molar-refractivity contribution < 1.29 is 9.18 Å². The van der Waals surface area contributed by atoms with Gasteiger partial charge in [0.25, 0.3) is 5.91 Å². The predicted molar refractivity (Wildman–Crippen MR) is 105 cm³/mol. The van der Waals surface area contributed by atoms with Crippen LogP contribution in [0.15, 0.2) is 24.3 Å². The number of hydrogen-bond donors (Lipinski definition) is 0. The molecule has 5 rings (SSSR count). The molecule has 1 saturated carbocycles.